The van der Waals surface area contributed by atoms with Gasteiger partial charge in [-0.1, -0.05) is 19.8 Å². The Hall–Kier alpha value is -1.49. The van der Waals surface area contributed by atoms with Crippen LogP contribution in [0.1, 0.15) is 38.7 Å². The Labute approximate surface area is 105 Å². The van der Waals surface area contributed by atoms with E-state index < -0.39 is 23.3 Å². The highest BCUT2D eigenvalue weighted by molar-refractivity contribution is 5.71. The Morgan fingerprint density at radius 2 is 2.22 bits per heavy atom. The van der Waals surface area contributed by atoms with Crippen LogP contribution in [-0.4, -0.2) is 21.2 Å². The van der Waals surface area contributed by atoms with E-state index in [-0.39, 0.29) is 5.56 Å². The number of rotatable bonds is 6. The van der Waals surface area contributed by atoms with Crippen LogP contribution in [0, 0.1) is 11.7 Å². The van der Waals surface area contributed by atoms with Gasteiger partial charge >= 0.3 is 5.97 Å². The smallest absolute Gasteiger partial charge is 0.309 e. The lowest BCUT2D eigenvalue weighted by Crippen LogP contribution is -2.37. The van der Waals surface area contributed by atoms with E-state index in [4.69, 9.17) is 0 Å². The molecule has 18 heavy (non-hydrogen) atoms. The van der Waals surface area contributed by atoms with Crippen molar-refractivity contribution >= 4 is 5.97 Å². The van der Waals surface area contributed by atoms with E-state index in [1.54, 1.807) is 0 Å². The number of hydrogen-bond acceptors (Lipinski definition) is 3. The Kier molecular flexibility index (Phi) is 4.78. The number of halogens is 1. The molecule has 1 heterocycles. The number of aliphatic hydroxyl groups is 1. The molecule has 0 spiro atoms. The van der Waals surface area contributed by atoms with Gasteiger partial charge < -0.3 is 10.2 Å². The van der Waals surface area contributed by atoms with Crippen molar-refractivity contribution < 1.29 is 19.4 Å². The molecule has 4 nitrogen and oxygen atoms in total. The van der Waals surface area contributed by atoms with E-state index in [9.17, 15) is 19.4 Å². The fourth-order valence-corrected chi connectivity index (χ4v) is 1.94. The third kappa shape index (κ3) is 3.26. The van der Waals surface area contributed by atoms with Gasteiger partial charge in [0.2, 0.25) is 0 Å². The predicted octanol–water partition coefficient (Wildman–Crippen LogP) is 2.32. The minimum atomic E-state index is -1.63. The molecular formula is C13H18FNO3. The molecule has 0 aliphatic heterocycles. The number of carbonyl (C=O) groups is 1. The second-order valence-corrected chi connectivity index (χ2v) is 4.57. The lowest BCUT2D eigenvalue weighted by molar-refractivity contribution is -0.152. The molecule has 0 saturated heterocycles. The summed E-state index contributed by atoms with van der Waals surface area (Å²) in [6.07, 6.45) is 4.18. The van der Waals surface area contributed by atoms with Gasteiger partial charge in [0.1, 0.15) is 11.4 Å². The molecule has 5 heteroatoms. The monoisotopic (exact) mass is 255 g/mol. The molecule has 0 aliphatic carbocycles. The molecule has 2 unspecified atom stereocenters. The minimum absolute atomic E-state index is 0.186. The average molecular weight is 255 g/mol. The Morgan fingerprint density at radius 3 is 2.72 bits per heavy atom. The molecule has 0 aromatic carbocycles. The zero-order chi connectivity index (χ0) is 13.8. The Balaban J connectivity index is 3.04. The van der Waals surface area contributed by atoms with Gasteiger partial charge in [-0.2, -0.15) is 0 Å². The van der Waals surface area contributed by atoms with Crippen LogP contribution in [0.4, 0.5) is 4.39 Å². The molecule has 1 rings (SSSR count). The standard InChI is InChI=1S/C13H18FNO3/c1-3-4-5-11(12(16)17)13(2,18)9-6-10(14)8-15-7-9/h6-8,11,18H,3-5H2,1-2H3,(H,16,17). The average Bonchev–Trinajstić information content (AvgIpc) is 2.28. The second kappa shape index (κ2) is 5.91. The summed E-state index contributed by atoms with van der Waals surface area (Å²) in [7, 11) is 0. The van der Waals surface area contributed by atoms with Crippen LogP contribution in [0.25, 0.3) is 0 Å². The summed E-state index contributed by atoms with van der Waals surface area (Å²) in [6.45, 7) is 3.33. The van der Waals surface area contributed by atoms with Gasteiger partial charge in [-0.3, -0.25) is 9.78 Å². The fourth-order valence-electron chi connectivity index (χ4n) is 1.94. The van der Waals surface area contributed by atoms with E-state index in [0.29, 0.717) is 12.8 Å². The molecule has 0 amide bonds. The Morgan fingerprint density at radius 1 is 1.56 bits per heavy atom. The molecule has 2 N–H and O–H groups in total. The molecule has 0 saturated carbocycles. The fraction of sp³-hybridized carbons (Fsp3) is 0.538. The summed E-state index contributed by atoms with van der Waals surface area (Å²) < 4.78 is 13.1. The van der Waals surface area contributed by atoms with Gasteiger partial charge in [-0.15, -0.1) is 0 Å². The van der Waals surface area contributed by atoms with Crippen LogP contribution < -0.4 is 0 Å². The number of aromatic nitrogens is 1. The lowest BCUT2D eigenvalue weighted by Gasteiger charge is -2.30. The minimum Gasteiger partial charge on any atom is -0.481 e. The van der Waals surface area contributed by atoms with Gasteiger partial charge in [0.05, 0.1) is 12.1 Å². The van der Waals surface area contributed by atoms with E-state index in [0.717, 1.165) is 18.7 Å². The van der Waals surface area contributed by atoms with Crippen LogP contribution in [0.3, 0.4) is 0 Å². The summed E-state index contributed by atoms with van der Waals surface area (Å²) in [5, 5.41) is 19.6. The van der Waals surface area contributed by atoms with Crippen LogP contribution in [0.5, 0.6) is 0 Å². The molecule has 0 bridgehead atoms. The summed E-state index contributed by atoms with van der Waals surface area (Å²) in [4.78, 5) is 14.9. The highest BCUT2D eigenvalue weighted by Crippen LogP contribution is 2.32. The van der Waals surface area contributed by atoms with Crippen molar-refractivity contribution in [1.82, 2.24) is 4.98 Å². The number of unbranched alkanes of at least 4 members (excludes halogenated alkanes) is 1. The molecule has 1 aromatic heterocycles. The third-order valence-electron chi connectivity index (χ3n) is 3.11. The van der Waals surface area contributed by atoms with Gasteiger partial charge in [-0.25, -0.2) is 4.39 Å². The molecule has 100 valence electrons. The maximum atomic E-state index is 13.1. The molecule has 0 fully saturated rings. The first-order valence-electron chi connectivity index (χ1n) is 5.95. The summed E-state index contributed by atoms with van der Waals surface area (Å²) in [5.41, 5.74) is -1.44. The molecular weight excluding hydrogens is 237 g/mol. The van der Waals surface area contributed by atoms with Crippen LogP contribution in [0.2, 0.25) is 0 Å². The number of aliphatic carboxylic acids is 1. The van der Waals surface area contributed by atoms with Crippen molar-refractivity contribution in [3.8, 4) is 0 Å². The van der Waals surface area contributed by atoms with Crippen molar-refractivity contribution in [2.24, 2.45) is 5.92 Å². The molecule has 2 atom stereocenters. The number of carboxylic acids is 1. The molecule has 0 aliphatic rings. The van der Waals surface area contributed by atoms with Crippen molar-refractivity contribution in [2.45, 2.75) is 38.7 Å². The predicted molar refractivity (Wildman–Crippen MR) is 64.4 cm³/mol. The van der Waals surface area contributed by atoms with E-state index in [2.05, 4.69) is 4.98 Å². The third-order valence-corrected chi connectivity index (χ3v) is 3.11. The quantitative estimate of drug-likeness (QED) is 0.818. The maximum Gasteiger partial charge on any atom is 0.309 e. The van der Waals surface area contributed by atoms with Crippen molar-refractivity contribution in [1.29, 1.82) is 0 Å². The van der Waals surface area contributed by atoms with Crippen LogP contribution in [0.15, 0.2) is 18.5 Å². The number of nitrogens with zero attached hydrogens (tertiary/aromatic N) is 1. The van der Waals surface area contributed by atoms with Crippen molar-refractivity contribution in [3.05, 3.63) is 29.8 Å². The molecule has 0 radical (unpaired) electrons. The van der Waals surface area contributed by atoms with E-state index >= 15 is 0 Å². The first kappa shape index (κ1) is 14.6. The largest absolute Gasteiger partial charge is 0.481 e. The number of carboxylic acid groups (broad SMARTS) is 1. The normalized spacial score (nSPS) is 16.0. The molecule has 1 aromatic rings. The van der Waals surface area contributed by atoms with Gasteiger partial charge in [0.25, 0.3) is 0 Å². The van der Waals surface area contributed by atoms with Crippen LogP contribution in [-0.2, 0) is 10.4 Å². The summed E-state index contributed by atoms with van der Waals surface area (Å²) in [6, 6.07) is 1.12. The van der Waals surface area contributed by atoms with E-state index in [1.165, 1.54) is 13.1 Å². The first-order valence-corrected chi connectivity index (χ1v) is 5.95. The Bertz CT molecular complexity index is 420. The van der Waals surface area contributed by atoms with Crippen molar-refractivity contribution in [2.75, 3.05) is 0 Å². The second-order valence-electron chi connectivity index (χ2n) is 4.57. The summed E-state index contributed by atoms with van der Waals surface area (Å²) >= 11 is 0. The number of pyridine rings is 1. The SMILES string of the molecule is CCCCC(C(=O)O)C(C)(O)c1cncc(F)c1. The lowest BCUT2D eigenvalue weighted by atomic mass is 9.80. The summed E-state index contributed by atoms with van der Waals surface area (Å²) in [5.74, 6) is -2.65. The highest BCUT2D eigenvalue weighted by Gasteiger charge is 2.38. The van der Waals surface area contributed by atoms with Gasteiger partial charge in [0.15, 0.2) is 0 Å². The number of hydrogen-bond donors (Lipinski definition) is 2. The zero-order valence-electron chi connectivity index (χ0n) is 10.6. The topological polar surface area (TPSA) is 70.4 Å². The van der Waals surface area contributed by atoms with Gasteiger partial charge in [0, 0.05) is 11.8 Å². The van der Waals surface area contributed by atoms with Gasteiger partial charge in [-0.05, 0) is 19.4 Å². The first-order chi connectivity index (χ1) is 8.39. The maximum absolute atomic E-state index is 13.1. The van der Waals surface area contributed by atoms with E-state index in [1.807, 2.05) is 6.92 Å². The highest BCUT2D eigenvalue weighted by atomic mass is 19.1. The zero-order valence-corrected chi connectivity index (χ0v) is 10.6. The van der Waals surface area contributed by atoms with Crippen LogP contribution >= 0.6 is 0 Å². The van der Waals surface area contributed by atoms with Crippen molar-refractivity contribution in [3.63, 3.8) is 0 Å².